The van der Waals surface area contributed by atoms with Crippen LogP contribution in [0, 0.1) is 0 Å². The van der Waals surface area contributed by atoms with Gasteiger partial charge in [0.1, 0.15) is 5.82 Å². The second-order valence-corrected chi connectivity index (χ2v) is 8.25. The fourth-order valence-electron chi connectivity index (χ4n) is 3.66. The molecule has 0 spiro atoms. The first-order chi connectivity index (χ1) is 12.2. The molecular formula is C19H22ClN3OS. The van der Waals surface area contributed by atoms with Crippen molar-refractivity contribution in [3.05, 3.63) is 44.7 Å². The van der Waals surface area contributed by atoms with Crippen molar-refractivity contribution in [2.75, 3.05) is 31.1 Å². The molecule has 2 aromatic heterocycles. The van der Waals surface area contributed by atoms with E-state index in [2.05, 4.69) is 16.0 Å². The van der Waals surface area contributed by atoms with Gasteiger partial charge in [0.05, 0.1) is 9.90 Å². The van der Waals surface area contributed by atoms with Gasteiger partial charge in [-0.3, -0.25) is 4.79 Å². The van der Waals surface area contributed by atoms with E-state index in [1.807, 2.05) is 17.0 Å². The standard InChI is InChI=1S/C19H22ClN3OS/c20-15-6-4-8-21-18(15)22-9-11-23(12-10-22)19(24)17-13-14-5-2-1-3-7-16(14)25-17/h4,6,8,13H,1-3,5,7,9-12H2. The van der Waals surface area contributed by atoms with E-state index in [0.717, 1.165) is 36.6 Å². The molecule has 1 amide bonds. The number of aromatic nitrogens is 1. The minimum atomic E-state index is 0.185. The fraction of sp³-hybridized carbons (Fsp3) is 0.474. The summed E-state index contributed by atoms with van der Waals surface area (Å²) < 4.78 is 0. The molecule has 4 rings (SSSR count). The first-order valence-corrected chi connectivity index (χ1v) is 10.2. The number of fused-ring (bicyclic) bond motifs is 1. The molecule has 4 nitrogen and oxygen atoms in total. The lowest BCUT2D eigenvalue weighted by molar-refractivity contribution is 0.0751. The van der Waals surface area contributed by atoms with E-state index in [4.69, 9.17) is 11.6 Å². The number of nitrogens with zero attached hydrogens (tertiary/aromatic N) is 3. The Kier molecular flexibility index (Phi) is 4.95. The van der Waals surface area contributed by atoms with Gasteiger partial charge in [0.15, 0.2) is 0 Å². The number of pyridine rings is 1. The molecule has 132 valence electrons. The quantitative estimate of drug-likeness (QED) is 0.743. The van der Waals surface area contributed by atoms with E-state index in [1.54, 1.807) is 17.5 Å². The van der Waals surface area contributed by atoms with Crippen LogP contribution in [-0.4, -0.2) is 42.0 Å². The van der Waals surface area contributed by atoms with Crippen LogP contribution in [0.15, 0.2) is 24.4 Å². The highest BCUT2D eigenvalue weighted by molar-refractivity contribution is 7.14. The van der Waals surface area contributed by atoms with Crippen LogP contribution in [0.5, 0.6) is 0 Å². The zero-order chi connectivity index (χ0) is 17.2. The monoisotopic (exact) mass is 375 g/mol. The highest BCUT2D eigenvalue weighted by Gasteiger charge is 2.26. The number of aryl methyl sites for hydroxylation is 2. The van der Waals surface area contributed by atoms with Crippen LogP contribution in [0.4, 0.5) is 5.82 Å². The van der Waals surface area contributed by atoms with Gasteiger partial charge in [-0.25, -0.2) is 4.98 Å². The number of hydrogen-bond acceptors (Lipinski definition) is 4. The highest BCUT2D eigenvalue weighted by atomic mass is 35.5. The Balaban J connectivity index is 1.42. The van der Waals surface area contributed by atoms with Crippen LogP contribution in [0.25, 0.3) is 0 Å². The lowest BCUT2D eigenvalue weighted by atomic mass is 10.1. The van der Waals surface area contributed by atoms with Gasteiger partial charge in [-0.15, -0.1) is 11.3 Å². The second kappa shape index (κ2) is 7.34. The SMILES string of the molecule is O=C(c1cc2c(s1)CCCCC2)N1CCN(c2ncccc2Cl)CC1. The summed E-state index contributed by atoms with van der Waals surface area (Å²) in [5.74, 6) is 1.00. The van der Waals surface area contributed by atoms with Crippen LogP contribution < -0.4 is 4.90 Å². The maximum absolute atomic E-state index is 12.9. The van der Waals surface area contributed by atoms with Crippen LogP contribution in [0.1, 0.15) is 39.4 Å². The van der Waals surface area contributed by atoms with E-state index in [1.165, 1.54) is 29.7 Å². The molecule has 1 saturated heterocycles. The second-order valence-electron chi connectivity index (χ2n) is 6.71. The Morgan fingerprint density at radius 1 is 1.12 bits per heavy atom. The maximum Gasteiger partial charge on any atom is 0.264 e. The highest BCUT2D eigenvalue weighted by Crippen LogP contribution is 2.30. The topological polar surface area (TPSA) is 36.4 Å². The zero-order valence-electron chi connectivity index (χ0n) is 14.2. The van der Waals surface area contributed by atoms with Gasteiger partial charge in [-0.2, -0.15) is 0 Å². The van der Waals surface area contributed by atoms with E-state index >= 15 is 0 Å². The first-order valence-electron chi connectivity index (χ1n) is 8.99. The smallest absolute Gasteiger partial charge is 0.264 e. The van der Waals surface area contributed by atoms with E-state index < -0.39 is 0 Å². The summed E-state index contributed by atoms with van der Waals surface area (Å²) in [6.07, 6.45) is 7.84. The molecule has 0 bridgehead atoms. The number of hydrogen-bond donors (Lipinski definition) is 0. The van der Waals surface area contributed by atoms with Gasteiger partial charge in [0.25, 0.3) is 5.91 Å². The third-order valence-electron chi connectivity index (χ3n) is 5.06. The molecule has 1 aliphatic carbocycles. The molecule has 3 heterocycles. The molecular weight excluding hydrogens is 354 g/mol. The Hall–Kier alpha value is -1.59. The van der Waals surface area contributed by atoms with Crippen molar-refractivity contribution in [2.24, 2.45) is 0 Å². The zero-order valence-corrected chi connectivity index (χ0v) is 15.8. The molecule has 2 aliphatic rings. The predicted octanol–water partition coefficient (Wildman–Crippen LogP) is 4.03. The summed E-state index contributed by atoms with van der Waals surface area (Å²) >= 11 is 7.95. The molecule has 0 atom stereocenters. The van der Waals surface area contributed by atoms with Crippen molar-refractivity contribution in [1.82, 2.24) is 9.88 Å². The Morgan fingerprint density at radius 3 is 2.72 bits per heavy atom. The van der Waals surface area contributed by atoms with E-state index in [-0.39, 0.29) is 5.91 Å². The molecule has 6 heteroatoms. The molecule has 1 fully saturated rings. The molecule has 0 N–H and O–H groups in total. The average molecular weight is 376 g/mol. The van der Waals surface area contributed by atoms with Crippen molar-refractivity contribution in [3.63, 3.8) is 0 Å². The number of carbonyl (C=O) groups is 1. The van der Waals surface area contributed by atoms with Crippen molar-refractivity contribution >= 4 is 34.7 Å². The van der Waals surface area contributed by atoms with Crippen LogP contribution in [0.3, 0.4) is 0 Å². The Morgan fingerprint density at radius 2 is 1.92 bits per heavy atom. The van der Waals surface area contributed by atoms with Crippen LogP contribution in [0.2, 0.25) is 5.02 Å². The van der Waals surface area contributed by atoms with Gasteiger partial charge in [0.2, 0.25) is 0 Å². The summed E-state index contributed by atoms with van der Waals surface area (Å²) in [4.78, 5) is 23.7. The van der Waals surface area contributed by atoms with Gasteiger partial charge in [-0.05, 0) is 49.4 Å². The number of piperazine rings is 1. The van der Waals surface area contributed by atoms with Gasteiger partial charge in [0, 0.05) is 37.3 Å². The lowest BCUT2D eigenvalue weighted by Crippen LogP contribution is -2.49. The molecule has 0 saturated carbocycles. The lowest BCUT2D eigenvalue weighted by Gasteiger charge is -2.35. The summed E-state index contributed by atoms with van der Waals surface area (Å²) in [6.45, 7) is 2.98. The van der Waals surface area contributed by atoms with Crippen molar-refractivity contribution in [2.45, 2.75) is 32.1 Å². The minimum Gasteiger partial charge on any atom is -0.352 e. The van der Waals surface area contributed by atoms with E-state index in [9.17, 15) is 4.79 Å². The van der Waals surface area contributed by atoms with Gasteiger partial charge >= 0.3 is 0 Å². The Labute approximate surface area is 157 Å². The van der Waals surface area contributed by atoms with E-state index in [0.29, 0.717) is 18.1 Å². The normalized spacial score (nSPS) is 18.0. The number of carbonyl (C=O) groups excluding carboxylic acids is 1. The molecule has 2 aromatic rings. The number of amides is 1. The van der Waals surface area contributed by atoms with Crippen molar-refractivity contribution < 1.29 is 4.79 Å². The molecule has 25 heavy (non-hydrogen) atoms. The fourth-order valence-corrected chi connectivity index (χ4v) is 5.12. The molecule has 0 radical (unpaired) electrons. The largest absolute Gasteiger partial charge is 0.352 e. The van der Waals surface area contributed by atoms with Crippen LogP contribution >= 0.6 is 22.9 Å². The average Bonchev–Trinajstić information content (AvgIpc) is 2.92. The van der Waals surface area contributed by atoms with Crippen molar-refractivity contribution in [3.8, 4) is 0 Å². The minimum absolute atomic E-state index is 0.185. The number of rotatable bonds is 2. The predicted molar refractivity (Wildman–Crippen MR) is 103 cm³/mol. The number of thiophene rings is 1. The summed E-state index contributed by atoms with van der Waals surface area (Å²) in [5, 5.41) is 0.671. The Bertz CT molecular complexity index is 744. The van der Waals surface area contributed by atoms with Gasteiger partial charge in [-0.1, -0.05) is 18.0 Å². The van der Waals surface area contributed by atoms with Crippen molar-refractivity contribution in [1.29, 1.82) is 0 Å². The summed E-state index contributed by atoms with van der Waals surface area (Å²) in [5.41, 5.74) is 1.41. The maximum atomic E-state index is 12.9. The number of anilines is 1. The third kappa shape index (κ3) is 3.53. The molecule has 0 aromatic carbocycles. The van der Waals surface area contributed by atoms with Crippen LogP contribution in [-0.2, 0) is 12.8 Å². The summed E-state index contributed by atoms with van der Waals surface area (Å²) in [7, 11) is 0. The molecule has 0 unspecified atom stereocenters. The number of halogens is 1. The molecule has 1 aliphatic heterocycles. The van der Waals surface area contributed by atoms with Gasteiger partial charge < -0.3 is 9.80 Å². The third-order valence-corrected chi connectivity index (χ3v) is 6.58. The summed E-state index contributed by atoms with van der Waals surface area (Å²) in [6, 6.07) is 5.85. The first kappa shape index (κ1) is 16.9.